The van der Waals surface area contributed by atoms with Crippen LogP contribution in [0.2, 0.25) is 0 Å². The number of fused-ring (bicyclic) bond motifs is 3. The summed E-state index contributed by atoms with van der Waals surface area (Å²) in [5.74, 6) is -0.960. The maximum absolute atomic E-state index is 11.2. The zero-order valence-electron chi connectivity index (χ0n) is 9.04. The Hall–Kier alpha value is -2.07. The fraction of sp³-hybridized carbons (Fsp3) is 0.154. The van der Waals surface area contributed by atoms with Crippen molar-refractivity contribution in [1.82, 2.24) is 4.57 Å². The largest absolute Gasteiger partial charge is 0.479 e. The third kappa shape index (κ3) is 1.54. The molecule has 3 rings (SSSR count). The minimum atomic E-state index is -0.960. The number of benzene rings is 1. The summed E-state index contributed by atoms with van der Waals surface area (Å²) in [6.07, 6.45) is 0.955. The summed E-state index contributed by atoms with van der Waals surface area (Å²) < 4.78 is 7.33. The van der Waals surface area contributed by atoms with Gasteiger partial charge in [-0.1, -0.05) is 18.2 Å². The van der Waals surface area contributed by atoms with Crippen molar-refractivity contribution in [2.75, 3.05) is 0 Å². The summed E-state index contributed by atoms with van der Waals surface area (Å²) in [7, 11) is 0. The lowest BCUT2D eigenvalue weighted by Gasteiger charge is -2.11. The highest BCUT2D eigenvalue weighted by Crippen LogP contribution is 2.29. The predicted molar refractivity (Wildman–Crippen MR) is 60.9 cm³/mol. The lowest BCUT2D eigenvalue weighted by Crippen LogP contribution is -2.15. The van der Waals surface area contributed by atoms with E-state index in [4.69, 9.17) is 9.84 Å². The summed E-state index contributed by atoms with van der Waals surface area (Å²) in [5.41, 5.74) is 2.63. The quantitative estimate of drug-likeness (QED) is 0.815. The molecule has 1 aliphatic rings. The number of ether oxygens (including phenoxy) is 1. The van der Waals surface area contributed by atoms with Gasteiger partial charge in [0, 0.05) is 11.8 Å². The Labute approximate surface area is 98.1 Å². The van der Waals surface area contributed by atoms with E-state index in [1.165, 1.54) is 0 Å². The second-order valence-electron chi connectivity index (χ2n) is 3.96. The van der Waals surface area contributed by atoms with Crippen molar-refractivity contribution >= 4 is 5.97 Å². The van der Waals surface area contributed by atoms with E-state index in [9.17, 15) is 4.79 Å². The number of carboxylic acids is 1. The number of aliphatic carboxylic acids is 1. The highest BCUT2D eigenvalue weighted by Gasteiger charge is 2.27. The van der Waals surface area contributed by atoms with Crippen LogP contribution in [0.3, 0.4) is 0 Å². The molecule has 0 amide bonds. The molecule has 0 spiro atoms. The normalized spacial score (nSPS) is 18.0. The molecule has 0 fully saturated rings. The van der Waals surface area contributed by atoms with Gasteiger partial charge in [-0.2, -0.15) is 0 Å². The molecule has 2 aromatic rings. The molecule has 2 heterocycles. The lowest BCUT2D eigenvalue weighted by molar-refractivity contribution is -0.151. The van der Waals surface area contributed by atoms with Gasteiger partial charge in [0.1, 0.15) is 0 Å². The van der Waals surface area contributed by atoms with E-state index < -0.39 is 12.1 Å². The fourth-order valence-electron chi connectivity index (χ4n) is 2.15. The fourth-order valence-corrected chi connectivity index (χ4v) is 2.15. The second kappa shape index (κ2) is 3.75. The SMILES string of the molecule is O=C(O)C1OCc2ccccc2-n2cccc21. The molecule has 4 heteroatoms. The molecule has 1 unspecified atom stereocenters. The first-order valence-electron chi connectivity index (χ1n) is 5.37. The van der Waals surface area contributed by atoms with Gasteiger partial charge in [-0.15, -0.1) is 0 Å². The van der Waals surface area contributed by atoms with Crippen LogP contribution in [0.15, 0.2) is 42.6 Å². The average Bonchev–Trinajstić information content (AvgIpc) is 2.73. The highest BCUT2D eigenvalue weighted by molar-refractivity contribution is 5.74. The van der Waals surface area contributed by atoms with Crippen LogP contribution >= 0.6 is 0 Å². The number of hydrogen-bond acceptors (Lipinski definition) is 2. The van der Waals surface area contributed by atoms with E-state index in [-0.39, 0.29) is 0 Å². The van der Waals surface area contributed by atoms with Gasteiger partial charge in [-0.3, -0.25) is 0 Å². The first kappa shape index (κ1) is 10.1. The zero-order chi connectivity index (χ0) is 11.8. The van der Waals surface area contributed by atoms with Crippen LogP contribution in [0.4, 0.5) is 0 Å². The number of aromatic nitrogens is 1. The van der Waals surface area contributed by atoms with Crippen LogP contribution in [-0.4, -0.2) is 15.6 Å². The molecule has 4 nitrogen and oxygen atoms in total. The maximum Gasteiger partial charge on any atom is 0.339 e. The Balaban J connectivity index is 2.21. The minimum Gasteiger partial charge on any atom is -0.479 e. The van der Waals surface area contributed by atoms with Crippen LogP contribution in [0.1, 0.15) is 17.4 Å². The molecular formula is C13H11NO3. The Kier molecular flexibility index (Phi) is 2.23. The van der Waals surface area contributed by atoms with Crippen molar-refractivity contribution in [2.45, 2.75) is 12.7 Å². The van der Waals surface area contributed by atoms with Crippen molar-refractivity contribution in [1.29, 1.82) is 0 Å². The van der Waals surface area contributed by atoms with Crippen LogP contribution in [-0.2, 0) is 16.1 Å². The molecule has 1 aromatic carbocycles. The van der Waals surface area contributed by atoms with E-state index in [0.29, 0.717) is 12.3 Å². The van der Waals surface area contributed by atoms with Crippen molar-refractivity contribution < 1.29 is 14.6 Å². The Morgan fingerprint density at radius 2 is 2.12 bits per heavy atom. The van der Waals surface area contributed by atoms with Crippen molar-refractivity contribution in [3.05, 3.63) is 53.9 Å². The maximum atomic E-state index is 11.2. The van der Waals surface area contributed by atoms with Gasteiger partial charge in [-0.25, -0.2) is 4.79 Å². The third-order valence-corrected chi connectivity index (χ3v) is 2.93. The monoisotopic (exact) mass is 229 g/mol. The molecule has 0 bridgehead atoms. The van der Waals surface area contributed by atoms with Gasteiger partial charge in [0.05, 0.1) is 18.0 Å². The number of para-hydroxylation sites is 1. The van der Waals surface area contributed by atoms with Crippen LogP contribution in [0.25, 0.3) is 5.69 Å². The van der Waals surface area contributed by atoms with E-state index in [1.54, 1.807) is 6.07 Å². The first-order valence-corrected chi connectivity index (χ1v) is 5.37. The Morgan fingerprint density at radius 1 is 1.29 bits per heavy atom. The van der Waals surface area contributed by atoms with E-state index >= 15 is 0 Å². The summed E-state index contributed by atoms with van der Waals surface area (Å²) in [5, 5.41) is 9.17. The van der Waals surface area contributed by atoms with Crippen LogP contribution < -0.4 is 0 Å². The number of rotatable bonds is 1. The minimum absolute atomic E-state index is 0.314. The van der Waals surface area contributed by atoms with Gasteiger partial charge >= 0.3 is 5.97 Å². The molecule has 0 saturated heterocycles. The van der Waals surface area contributed by atoms with Gasteiger partial charge in [0.15, 0.2) is 6.10 Å². The zero-order valence-corrected chi connectivity index (χ0v) is 9.04. The molecule has 1 aliphatic heterocycles. The summed E-state index contributed by atoms with van der Waals surface area (Å²) in [6.45, 7) is 0.314. The van der Waals surface area contributed by atoms with Crippen LogP contribution in [0, 0.1) is 0 Å². The third-order valence-electron chi connectivity index (χ3n) is 2.93. The van der Waals surface area contributed by atoms with Gasteiger partial charge in [0.2, 0.25) is 0 Å². The second-order valence-corrected chi connectivity index (χ2v) is 3.96. The molecule has 0 radical (unpaired) electrons. The molecule has 0 aliphatic carbocycles. The molecule has 1 N–H and O–H groups in total. The van der Waals surface area contributed by atoms with Crippen molar-refractivity contribution in [3.63, 3.8) is 0 Å². The van der Waals surface area contributed by atoms with Crippen LogP contribution in [0.5, 0.6) is 0 Å². The molecule has 17 heavy (non-hydrogen) atoms. The van der Waals surface area contributed by atoms with Crippen molar-refractivity contribution in [2.24, 2.45) is 0 Å². The average molecular weight is 229 g/mol. The summed E-state index contributed by atoms with van der Waals surface area (Å²) in [6, 6.07) is 11.4. The number of carboxylic acid groups (broad SMARTS) is 1. The van der Waals surface area contributed by atoms with Gasteiger partial charge in [-0.05, 0) is 18.2 Å². The highest BCUT2D eigenvalue weighted by atomic mass is 16.5. The standard InChI is InChI=1S/C13H11NO3/c15-13(16)12-11-6-3-7-14(11)10-5-2-1-4-9(10)8-17-12/h1-7,12H,8H2,(H,15,16). The molecule has 0 saturated carbocycles. The molecule has 86 valence electrons. The first-order chi connectivity index (χ1) is 8.27. The van der Waals surface area contributed by atoms with E-state index in [2.05, 4.69) is 0 Å². The van der Waals surface area contributed by atoms with E-state index in [1.807, 2.05) is 41.1 Å². The lowest BCUT2D eigenvalue weighted by atomic mass is 10.2. The molecule has 1 aromatic heterocycles. The molecular weight excluding hydrogens is 218 g/mol. The summed E-state index contributed by atoms with van der Waals surface area (Å²) in [4.78, 5) is 11.2. The smallest absolute Gasteiger partial charge is 0.339 e. The molecule has 1 atom stereocenters. The number of hydrogen-bond donors (Lipinski definition) is 1. The summed E-state index contributed by atoms with van der Waals surface area (Å²) >= 11 is 0. The van der Waals surface area contributed by atoms with Gasteiger partial charge in [0.25, 0.3) is 0 Å². The number of carbonyl (C=O) groups is 1. The number of nitrogens with zero attached hydrogens (tertiary/aromatic N) is 1. The predicted octanol–water partition coefficient (Wildman–Crippen LogP) is 2.13. The van der Waals surface area contributed by atoms with Gasteiger partial charge < -0.3 is 14.4 Å². The topological polar surface area (TPSA) is 51.5 Å². The Morgan fingerprint density at radius 3 is 2.94 bits per heavy atom. The Bertz CT molecular complexity index is 574. The van der Waals surface area contributed by atoms with Crippen molar-refractivity contribution in [3.8, 4) is 5.69 Å². The van der Waals surface area contributed by atoms with E-state index in [0.717, 1.165) is 11.3 Å².